The van der Waals surface area contributed by atoms with E-state index >= 15 is 0 Å². The molecule has 0 bridgehead atoms. The van der Waals surface area contributed by atoms with Gasteiger partial charge in [0.15, 0.2) is 0 Å². The van der Waals surface area contributed by atoms with Gasteiger partial charge in [-0.1, -0.05) is 43.0 Å². The summed E-state index contributed by atoms with van der Waals surface area (Å²) in [5, 5.41) is 4.50. The molecule has 1 heterocycles. The maximum Gasteiger partial charge on any atom is 0.144 e. The van der Waals surface area contributed by atoms with Crippen LogP contribution in [0.4, 0.5) is 5.82 Å². The van der Waals surface area contributed by atoms with E-state index in [9.17, 15) is 0 Å². The minimum atomic E-state index is 0.576. The molecule has 0 unspecified atom stereocenters. The van der Waals surface area contributed by atoms with E-state index in [1.165, 1.54) is 25.7 Å². The molecule has 4 heteroatoms. The maximum absolute atomic E-state index is 6.06. The van der Waals surface area contributed by atoms with E-state index in [4.69, 9.17) is 23.2 Å². The summed E-state index contributed by atoms with van der Waals surface area (Å²) >= 11 is 11.9. The van der Waals surface area contributed by atoms with Crippen LogP contribution in [0.5, 0.6) is 0 Å². The minimum absolute atomic E-state index is 0.576. The monoisotopic (exact) mass is 272 g/mol. The Morgan fingerprint density at radius 1 is 1.29 bits per heavy atom. The first kappa shape index (κ1) is 13.0. The van der Waals surface area contributed by atoms with Crippen molar-refractivity contribution in [2.45, 2.75) is 32.6 Å². The van der Waals surface area contributed by atoms with Crippen molar-refractivity contribution in [3.05, 3.63) is 22.3 Å². The summed E-state index contributed by atoms with van der Waals surface area (Å²) in [4.78, 5) is 4.20. The molecule has 0 amide bonds. The van der Waals surface area contributed by atoms with Crippen LogP contribution in [0.2, 0.25) is 10.0 Å². The summed E-state index contributed by atoms with van der Waals surface area (Å²) in [6, 6.07) is 1.72. The van der Waals surface area contributed by atoms with Crippen molar-refractivity contribution >= 4 is 29.0 Å². The number of nitrogens with one attached hydrogen (secondary N) is 1. The maximum atomic E-state index is 6.06. The van der Waals surface area contributed by atoms with Crippen molar-refractivity contribution in [2.24, 2.45) is 11.8 Å². The number of halogens is 2. The topological polar surface area (TPSA) is 24.9 Å². The molecule has 1 fully saturated rings. The van der Waals surface area contributed by atoms with E-state index in [1.807, 2.05) is 0 Å². The van der Waals surface area contributed by atoms with Crippen molar-refractivity contribution < 1.29 is 0 Å². The van der Waals surface area contributed by atoms with Gasteiger partial charge in [-0.2, -0.15) is 0 Å². The first-order valence-electron chi connectivity index (χ1n) is 6.20. The zero-order chi connectivity index (χ0) is 12.3. The number of anilines is 1. The fourth-order valence-corrected chi connectivity index (χ4v) is 2.77. The number of rotatable bonds is 3. The zero-order valence-corrected chi connectivity index (χ0v) is 11.6. The summed E-state index contributed by atoms with van der Waals surface area (Å²) in [5.74, 6) is 2.39. The van der Waals surface area contributed by atoms with Gasteiger partial charge in [0, 0.05) is 12.7 Å². The van der Waals surface area contributed by atoms with Gasteiger partial charge in [0.25, 0.3) is 0 Å². The van der Waals surface area contributed by atoms with Crippen LogP contribution in [0.25, 0.3) is 0 Å². The predicted molar refractivity (Wildman–Crippen MR) is 73.9 cm³/mol. The Bertz CT molecular complexity index is 374. The number of hydrogen-bond acceptors (Lipinski definition) is 2. The quantitative estimate of drug-likeness (QED) is 0.868. The van der Waals surface area contributed by atoms with Crippen molar-refractivity contribution in [1.82, 2.24) is 4.98 Å². The summed E-state index contributed by atoms with van der Waals surface area (Å²) in [5.41, 5.74) is 0. The molecule has 1 saturated carbocycles. The first-order chi connectivity index (χ1) is 8.15. The van der Waals surface area contributed by atoms with E-state index in [0.29, 0.717) is 10.0 Å². The largest absolute Gasteiger partial charge is 0.369 e. The smallest absolute Gasteiger partial charge is 0.144 e. The lowest BCUT2D eigenvalue weighted by Crippen LogP contribution is -2.20. The number of nitrogens with zero attached hydrogens (tertiary/aromatic N) is 1. The van der Waals surface area contributed by atoms with Crippen LogP contribution < -0.4 is 5.32 Å². The summed E-state index contributed by atoms with van der Waals surface area (Å²) in [6.45, 7) is 3.29. The molecule has 0 spiro atoms. The van der Waals surface area contributed by atoms with Gasteiger partial charge in [0.05, 0.1) is 10.0 Å². The van der Waals surface area contributed by atoms with Crippen molar-refractivity contribution in [3.63, 3.8) is 0 Å². The number of hydrogen-bond donors (Lipinski definition) is 1. The third-order valence-corrected chi connectivity index (χ3v) is 4.00. The summed E-state index contributed by atoms with van der Waals surface area (Å²) in [6.07, 6.45) is 6.92. The molecule has 17 heavy (non-hydrogen) atoms. The van der Waals surface area contributed by atoms with Crippen LogP contribution in [0.15, 0.2) is 12.3 Å². The minimum Gasteiger partial charge on any atom is -0.369 e. The van der Waals surface area contributed by atoms with Gasteiger partial charge in [0.1, 0.15) is 5.82 Å². The highest BCUT2D eigenvalue weighted by Gasteiger charge is 2.18. The average Bonchev–Trinajstić information content (AvgIpc) is 2.30. The molecular formula is C13H18Cl2N2. The summed E-state index contributed by atoms with van der Waals surface area (Å²) in [7, 11) is 0. The number of aromatic nitrogens is 1. The highest BCUT2D eigenvalue weighted by Crippen LogP contribution is 2.29. The van der Waals surface area contributed by atoms with E-state index in [0.717, 1.165) is 24.2 Å². The van der Waals surface area contributed by atoms with Crippen LogP contribution >= 0.6 is 23.2 Å². The lowest BCUT2D eigenvalue weighted by atomic mass is 9.83. The van der Waals surface area contributed by atoms with Crippen LogP contribution in [-0.2, 0) is 0 Å². The Labute approximate surface area is 113 Å². The molecule has 1 N–H and O–H groups in total. The number of pyridine rings is 1. The molecule has 0 atom stereocenters. The Morgan fingerprint density at radius 2 is 2.00 bits per heavy atom. The summed E-state index contributed by atoms with van der Waals surface area (Å²) < 4.78 is 0. The molecule has 2 rings (SSSR count). The second-order valence-electron chi connectivity index (χ2n) is 4.99. The molecular weight excluding hydrogens is 255 g/mol. The fourth-order valence-electron chi connectivity index (χ4n) is 2.32. The van der Waals surface area contributed by atoms with Crippen molar-refractivity contribution in [1.29, 1.82) is 0 Å². The van der Waals surface area contributed by atoms with Gasteiger partial charge >= 0.3 is 0 Å². The molecule has 94 valence electrons. The lowest BCUT2D eigenvalue weighted by Gasteiger charge is -2.26. The molecule has 0 radical (unpaired) electrons. The Kier molecular flexibility index (Phi) is 4.52. The van der Waals surface area contributed by atoms with Crippen LogP contribution in [0.3, 0.4) is 0 Å². The fraction of sp³-hybridized carbons (Fsp3) is 0.615. The van der Waals surface area contributed by atoms with E-state index in [-0.39, 0.29) is 0 Å². The van der Waals surface area contributed by atoms with E-state index in [2.05, 4.69) is 17.2 Å². The van der Waals surface area contributed by atoms with Crippen molar-refractivity contribution in [3.8, 4) is 0 Å². The molecule has 1 aromatic rings. The average molecular weight is 273 g/mol. The second-order valence-corrected chi connectivity index (χ2v) is 5.83. The Morgan fingerprint density at radius 3 is 2.65 bits per heavy atom. The molecule has 1 aromatic heterocycles. The SMILES string of the molecule is CC1CCC(CNc2ncc(Cl)cc2Cl)CC1. The highest BCUT2D eigenvalue weighted by atomic mass is 35.5. The highest BCUT2D eigenvalue weighted by molar-refractivity contribution is 6.35. The third-order valence-electron chi connectivity index (χ3n) is 3.50. The first-order valence-corrected chi connectivity index (χ1v) is 6.95. The molecule has 2 nitrogen and oxygen atoms in total. The van der Waals surface area contributed by atoms with Crippen LogP contribution in [0.1, 0.15) is 32.6 Å². The molecule has 1 aliphatic rings. The Balaban J connectivity index is 1.85. The predicted octanol–water partition coefficient (Wildman–Crippen LogP) is 4.63. The lowest BCUT2D eigenvalue weighted by molar-refractivity contribution is 0.300. The Hall–Kier alpha value is -0.470. The zero-order valence-electron chi connectivity index (χ0n) is 10.0. The molecule has 0 aliphatic heterocycles. The van der Waals surface area contributed by atoms with Gasteiger partial charge in [0.2, 0.25) is 0 Å². The van der Waals surface area contributed by atoms with Gasteiger partial charge < -0.3 is 5.32 Å². The molecule has 0 saturated heterocycles. The van der Waals surface area contributed by atoms with Crippen molar-refractivity contribution in [2.75, 3.05) is 11.9 Å². The molecule has 1 aliphatic carbocycles. The van der Waals surface area contributed by atoms with Gasteiger partial charge in [-0.3, -0.25) is 0 Å². The standard InChI is InChI=1S/C13H18Cl2N2/c1-9-2-4-10(5-3-9)7-16-13-12(15)6-11(14)8-17-13/h6,8-10H,2-5,7H2,1H3,(H,16,17). The molecule has 0 aromatic carbocycles. The van der Waals surface area contributed by atoms with Crippen LogP contribution in [0, 0.1) is 11.8 Å². The second kappa shape index (κ2) is 5.92. The van der Waals surface area contributed by atoms with Crippen LogP contribution in [-0.4, -0.2) is 11.5 Å². The van der Waals surface area contributed by atoms with Gasteiger partial charge in [-0.15, -0.1) is 0 Å². The van der Waals surface area contributed by atoms with Gasteiger partial charge in [-0.05, 0) is 30.7 Å². The van der Waals surface area contributed by atoms with E-state index in [1.54, 1.807) is 12.3 Å². The normalized spacial score (nSPS) is 24.6. The third kappa shape index (κ3) is 3.75. The van der Waals surface area contributed by atoms with Gasteiger partial charge in [-0.25, -0.2) is 4.98 Å². The van der Waals surface area contributed by atoms with E-state index < -0.39 is 0 Å².